The van der Waals surface area contributed by atoms with E-state index in [1.54, 1.807) is 19.2 Å². The molecule has 1 heterocycles. The third kappa shape index (κ3) is 5.31. The number of piperazine rings is 1. The SMILES string of the molecule is COc1ccccc1N1CCN(S(=O)(=O)CCNS(=O)(=O)c2ccc(C)cc2)CC1. The third-order valence-electron chi connectivity index (χ3n) is 5.04. The molecule has 10 heteroatoms. The molecule has 0 saturated carbocycles. The van der Waals surface area contributed by atoms with Crippen molar-refractivity contribution in [3.05, 3.63) is 54.1 Å². The lowest BCUT2D eigenvalue weighted by atomic mass is 10.2. The number of anilines is 1. The number of rotatable bonds is 8. The molecule has 2 aromatic rings. The molecule has 30 heavy (non-hydrogen) atoms. The van der Waals surface area contributed by atoms with Crippen molar-refractivity contribution in [1.29, 1.82) is 0 Å². The van der Waals surface area contributed by atoms with Gasteiger partial charge in [0.2, 0.25) is 20.0 Å². The Bertz CT molecular complexity index is 1060. The lowest BCUT2D eigenvalue weighted by molar-refractivity contribution is 0.378. The molecule has 1 aliphatic heterocycles. The van der Waals surface area contributed by atoms with Crippen LogP contribution in [0.3, 0.4) is 0 Å². The summed E-state index contributed by atoms with van der Waals surface area (Å²) in [7, 11) is -5.70. The van der Waals surface area contributed by atoms with Crippen LogP contribution in [0.5, 0.6) is 5.75 Å². The summed E-state index contributed by atoms with van der Waals surface area (Å²) in [6.07, 6.45) is 0. The van der Waals surface area contributed by atoms with Gasteiger partial charge in [-0.2, -0.15) is 4.31 Å². The normalized spacial score (nSPS) is 15.9. The van der Waals surface area contributed by atoms with Gasteiger partial charge in [0.15, 0.2) is 0 Å². The summed E-state index contributed by atoms with van der Waals surface area (Å²) in [6.45, 7) is 3.44. The number of sulfonamides is 2. The predicted molar refractivity (Wildman–Crippen MR) is 117 cm³/mol. The minimum Gasteiger partial charge on any atom is -0.495 e. The third-order valence-corrected chi connectivity index (χ3v) is 8.39. The van der Waals surface area contributed by atoms with E-state index < -0.39 is 20.0 Å². The zero-order valence-electron chi connectivity index (χ0n) is 17.1. The van der Waals surface area contributed by atoms with Crippen molar-refractivity contribution < 1.29 is 21.6 Å². The second kappa shape index (κ2) is 9.34. The molecule has 1 aliphatic rings. The van der Waals surface area contributed by atoms with Gasteiger partial charge in [-0.3, -0.25) is 0 Å². The number of nitrogens with zero attached hydrogens (tertiary/aromatic N) is 2. The molecule has 3 rings (SSSR count). The quantitative estimate of drug-likeness (QED) is 0.650. The molecule has 1 saturated heterocycles. The van der Waals surface area contributed by atoms with Gasteiger partial charge in [-0.15, -0.1) is 0 Å². The van der Waals surface area contributed by atoms with Crippen molar-refractivity contribution in [2.45, 2.75) is 11.8 Å². The van der Waals surface area contributed by atoms with Crippen molar-refractivity contribution in [3.8, 4) is 5.75 Å². The van der Waals surface area contributed by atoms with E-state index in [0.29, 0.717) is 26.2 Å². The molecule has 0 spiro atoms. The van der Waals surface area contributed by atoms with Crippen LogP contribution in [0.2, 0.25) is 0 Å². The topological polar surface area (TPSA) is 96.0 Å². The molecule has 8 nitrogen and oxygen atoms in total. The van der Waals surface area contributed by atoms with Gasteiger partial charge in [0.1, 0.15) is 5.75 Å². The molecule has 0 amide bonds. The fourth-order valence-electron chi connectivity index (χ4n) is 3.33. The highest BCUT2D eigenvalue weighted by Gasteiger charge is 2.28. The number of nitrogens with one attached hydrogen (secondary N) is 1. The fourth-order valence-corrected chi connectivity index (χ4v) is 5.83. The van der Waals surface area contributed by atoms with Gasteiger partial charge >= 0.3 is 0 Å². The minimum atomic E-state index is -3.74. The Morgan fingerprint density at radius 2 is 1.57 bits per heavy atom. The van der Waals surface area contributed by atoms with Gasteiger partial charge < -0.3 is 9.64 Å². The van der Waals surface area contributed by atoms with Crippen molar-refractivity contribution in [2.75, 3.05) is 50.5 Å². The van der Waals surface area contributed by atoms with Crippen LogP contribution in [0.1, 0.15) is 5.56 Å². The van der Waals surface area contributed by atoms with E-state index >= 15 is 0 Å². The van der Waals surface area contributed by atoms with Crippen LogP contribution in [0, 0.1) is 6.92 Å². The summed E-state index contributed by atoms with van der Waals surface area (Å²) in [5.74, 6) is 0.464. The van der Waals surface area contributed by atoms with E-state index in [0.717, 1.165) is 17.0 Å². The van der Waals surface area contributed by atoms with Gasteiger partial charge in [-0.25, -0.2) is 21.6 Å². The van der Waals surface area contributed by atoms with Gasteiger partial charge in [-0.1, -0.05) is 29.8 Å². The highest BCUT2D eigenvalue weighted by atomic mass is 32.2. The van der Waals surface area contributed by atoms with Gasteiger partial charge in [0, 0.05) is 32.7 Å². The second-order valence-corrected chi connectivity index (χ2v) is 10.9. The molecular formula is C20H27N3O5S2. The Balaban J connectivity index is 1.55. The van der Waals surface area contributed by atoms with Crippen LogP contribution in [-0.2, 0) is 20.0 Å². The number of benzene rings is 2. The number of hydrogen-bond donors (Lipinski definition) is 1. The summed E-state index contributed by atoms with van der Waals surface area (Å²) in [5.41, 5.74) is 1.88. The highest BCUT2D eigenvalue weighted by Crippen LogP contribution is 2.28. The fraction of sp³-hybridized carbons (Fsp3) is 0.400. The van der Waals surface area contributed by atoms with Crippen LogP contribution in [0.15, 0.2) is 53.4 Å². The van der Waals surface area contributed by atoms with Crippen LogP contribution in [0.4, 0.5) is 5.69 Å². The summed E-state index contributed by atoms with van der Waals surface area (Å²) in [4.78, 5) is 2.21. The first-order valence-electron chi connectivity index (χ1n) is 9.65. The number of hydrogen-bond acceptors (Lipinski definition) is 6. The highest BCUT2D eigenvalue weighted by molar-refractivity contribution is 7.90. The lowest BCUT2D eigenvalue weighted by Gasteiger charge is -2.35. The number of aryl methyl sites for hydroxylation is 1. The summed E-state index contributed by atoms with van der Waals surface area (Å²) in [6, 6.07) is 14.0. The zero-order valence-corrected chi connectivity index (χ0v) is 18.7. The maximum atomic E-state index is 12.7. The van der Waals surface area contributed by atoms with Crippen molar-refractivity contribution >= 4 is 25.7 Å². The smallest absolute Gasteiger partial charge is 0.240 e. The molecule has 0 radical (unpaired) electrons. The Labute approximate surface area is 178 Å². The molecule has 1 fully saturated rings. The Morgan fingerprint density at radius 1 is 0.933 bits per heavy atom. The van der Waals surface area contributed by atoms with Crippen LogP contribution >= 0.6 is 0 Å². The molecule has 164 valence electrons. The Kier molecular flexibility index (Phi) is 7.02. The zero-order chi connectivity index (χ0) is 21.8. The molecule has 1 N–H and O–H groups in total. The monoisotopic (exact) mass is 453 g/mol. The van der Waals surface area contributed by atoms with E-state index in [1.165, 1.54) is 16.4 Å². The molecule has 0 bridgehead atoms. The first-order valence-corrected chi connectivity index (χ1v) is 12.7. The second-order valence-electron chi connectivity index (χ2n) is 7.08. The lowest BCUT2D eigenvalue weighted by Crippen LogP contribution is -2.50. The maximum Gasteiger partial charge on any atom is 0.240 e. The molecule has 2 aromatic carbocycles. The van der Waals surface area contributed by atoms with E-state index in [9.17, 15) is 16.8 Å². The van der Waals surface area contributed by atoms with E-state index in [1.807, 2.05) is 31.2 Å². The Morgan fingerprint density at radius 3 is 2.20 bits per heavy atom. The molecule has 0 aliphatic carbocycles. The molecular weight excluding hydrogens is 426 g/mol. The van der Waals surface area contributed by atoms with Gasteiger partial charge in [0.25, 0.3) is 0 Å². The number of methoxy groups -OCH3 is 1. The van der Waals surface area contributed by atoms with Crippen LogP contribution < -0.4 is 14.4 Å². The average molecular weight is 454 g/mol. The largest absolute Gasteiger partial charge is 0.495 e. The van der Waals surface area contributed by atoms with Gasteiger partial charge in [-0.05, 0) is 31.2 Å². The van der Waals surface area contributed by atoms with Gasteiger partial charge in [0.05, 0.1) is 23.4 Å². The average Bonchev–Trinajstić information content (AvgIpc) is 2.74. The van der Waals surface area contributed by atoms with Crippen molar-refractivity contribution in [1.82, 2.24) is 9.03 Å². The predicted octanol–water partition coefficient (Wildman–Crippen LogP) is 1.43. The van der Waals surface area contributed by atoms with Crippen LogP contribution in [0.25, 0.3) is 0 Å². The van der Waals surface area contributed by atoms with Crippen molar-refractivity contribution in [3.63, 3.8) is 0 Å². The van der Waals surface area contributed by atoms with Crippen molar-refractivity contribution in [2.24, 2.45) is 0 Å². The van der Waals surface area contributed by atoms with E-state index in [2.05, 4.69) is 9.62 Å². The van der Waals surface area contributed by atoms with E-state index in [4.69, 9.17) is 4.74 Å². The molecule has 0 unspecified atom stereocenters. The molecule has 0 atom stereocenters. The van der Waals surface area contributed by atoms with E-state index in [-0.39, 0.29) is 17.2 Å². The number of ether oxygens (including phenoxy) is 1. The number of para-hydroxylation sites is 2. The summed E-state index contributed by atoms with van der Waals surface area (Å²) < 4.78 is 59.2. The molecule has 0 aromatic heterocycles. The Hall–Kier alpha value is -2.14. The maximum absolute atomic E-state index is 12.7. The van der Waals surface area contributed by atoms with Crippen LogP contribution in [-0.4, -0.2) is 66.7 Å². The first-order chi connectivity index (χ1) is 14.2. The summed E-state index contributed by atoms with van der Waals surface area (Å²) >= 11 is 0. The summed E-state index contributed by atoms with van der Waals surface area (Å²) in [5, 5.41) is 0. The standard InChI is InChI=1S/C20H27N3O5S2/c1-17-7-9-18(10-8-17)30(26,27)21-11-16-29(24,25)23-14-12-22(13-15-23)19-5-3-4-6-20(19)28-2/h3-10,21H,11-16H2,1-2H3. The first kappa shape index (κ1) is 22.5. The minimum absolute atomic E-state index is 0.121.